The Balaban J connectivity index is 1.50. The van der Waals surface area contributed by atoms with Crippen molar-refractivity contribution in [2.24, 2.45) is 5.92 Å². The van der Waals surface area contributed by atoms with Gasteiger partial charge in [0, 0.05) is 41.7 Å². The van der Waals surface area contributed by atoms with Gasteiger partial charge >= 0.3 is 6.09 Å². The summed E-state index contributed by atoms with van der Waals surface area (Å²) in [6, 6.07) is 15.8. The number of unbranched alkanes of at least 4 members (excludes halogenated alkanes) is 1. The number of carbonyl (C=O) groups is 2. The van der Waals surface area contributed by atoms with Gasteiger partial charge in [-0.3, -0.25) is 4.79 Å². The van der Waals surface area contributed by atoms with Gasteiger partial charge in [-0.2, -0.15) is 0 Å². The number of sulfonamides is 1. The third kappa shape index (κ3) is 7.77. The van der Waals surface area contributed by atoms with Crippen molar-refractivity contribution in [2.45, 2.75) is 37.0 Å². The van der Waals surface area contributed by atoms with E-state index < -0.39 is 44.3 Å². The third-order valence-electron chi connectivity index (χ3n) is 7.01. The van der Waals surface area contributed by atoms with Crippen LogP contribution in [0.2, 0.25) is 5.02 Å². The summed E-state index contributed by atoms with van der Waals surface area (Å²) in [5, 5.41) is 0.566. The zero-order chi connectivity index (χ0) is 30.3. The number of hydrogen-bond acceptors (Lipinski definition) is 6. The number of rotatable bonds is 10. The lowest BCUT2D eigenvalue weighted by molar-refractivity contribution is 0.0671. The van der Waals surface area contributed by atoms with Crippen LogP contribution < -0.4 is 9.46 Å². The van der Waals surface area contributed by atoms with E-state index in [-0.39, 0.29) is 30.6 Å². The summed E-state index contributed by atoms with van der Waals surface area (Å²) in [7, 11) is -4.73. The molecule has 2 amide bonds. The summed E-state index contributed by atoms with van der Waals surface area (Å²) in [5.41, 5.74) is 0.988. The van der Waals surface area contributed by atoms with E-state index in [2.05, 4.69) is 0 Å². The second kappa shape index (κ2) is 14.0. The fourth-order valence-electron chi connectivity index (χ4n) is 4.76. The highest BCUT2D eigenvalue weighted by atomic mass is 35.5. The van der Waals surface area contributed by atoms with Crippen LogP contribution >= 0.6 is 11.6 Å². The first kappa shape index (κ1) is 31.2. The first-order valence-corrected chi connectivity index (χ1v) is 15.4. The highest BCUT2D eigenvalue weighted by molar-refractivity contribution is 7.90. The zero-order valence-corrected chi connectivity index (χ0v) is 24.5. The fraction of sp³-hybridized carbons (Fsp3) is 0.333. The summed E-state index contributed by atoms with van der Waals surface area (Å²) >= 11 is 6.05. The standard InChI is InChI=1S/C30H31ClF2N2O6S/c1-2-3-15-40-30(37)35-14-13-24(20-9-11-23(31)12-10-20)22(18-35)19-41-27-16-26(33)28(17-25(27)32)42(38,39)34-29(36)21-7-5-4-6-8-21/h4-12,16-17,22,24H,2-3,13-15,18-19H2,1H3,(H,34,36). The molecule has 224 valence electrons. The Morgan fingerprint density at radius 2 is 1.76 bits per heavy atom. The SMILES string of the molecule is CCCCOC(=O)N1CCC(c2ccc(Cl)cc2)C(COc2cc(F)c(S(=O)(=O)NC(=O)c3ccccc3)cc2F)C1. The summed E-state index contributed by atoms with van der Waals surface area (Å²) in [6.45, 7) is 2.89. The number of carbonyl (C=O) groups excluding carboxylic acids is 2. The molecule has 1 saturated heterocycles. The van der Waals surface area contributed by atoms with Crippen molar-refractivity contribution in [3.63, 3.8) is 0 Å². The average Bonchev–Trinajstić information content (AvgIpc) is 2.98. The predicted octanol–water partition coefficient (Wildman–Crippen LogP) is 6.16. The lowest BCUT2D eigenvalue weighted by Crippen LogP contribution is -2.45. The number of ether oxygens (including phenoxy) is 2. The molecule has 1 aliphatic heterocycles. The van der Waals surface area contributed by atoms with Gasteiger partial charge in [-0.25, -0.2) is 26.7 Å². The molecule has 0 spiro atoms. The number of hydrogen-bond donors (Lipinski definition) is 1. The zero-order valence-electron chi connectivity index (χ0n) is 22.9. The van der Waals surface area contributed by atoms with Crippen molar-refractivity contribution in [3.8, 4) is 5.75 Å². The van der Waals surface area contributed by atoms with Crippen molar-refractivity contribution in [2.75, 3.05) is 26.3 Å². The van der Waals surface area contributed by atoms with E-state index in [0.29, 0.717) is 36.7 Å². The van der Waals surface area contributed by atoms with Crippen molar-refractivity contribution < 1.29 is 36.3 Å². The van der Waals surface area contributed by atoms with Gasteiger partial charge in [-0.05, 0) is 48.6 Å². The van der Waals surface area contributed by atoms with E-state index in [1.54, 1.807) is 27.8 Å². The van der Waals surface area contributed by atoms with Gasteiger partial charge in [0.25, 0.3) is 15.9 Å². The summed E-state index contributed by atoms with van der Waals surface area (Å²) in [4.78, 5) is 25.5. The van der Waals surface area contributed by atoms with Crippen LogP contribution in [0.1, 0.15) is 48.0 Å². The molecule has 0 aliphatic carbocycles. The maximum absolute atomic E-state index is 15.0. The lowest BCUT2D eigenvalue weighted by Gasteiger charge is -2.38. The van der Waals surface area contributed by atoms with Crippen LogP contribution in [-0.2, 0) is 14.8 Å². The molecule has 2 atom stereocenters. The molecule has 42 heavy (non-hydrogen) atoms. The molecule has 0 saturated carbocycles. The Kier molecular flexibility index (Phi) is 10.4. The van der Waals surface area contributed by atoms with E-state index in [0.717, 1.165) is 18.4 Å². The Hall–Kier alpha value is -3.70. The maximum Gasteiger partial charge on any atom is 0.409 e. The highest BCUT2D eigenvalue weighted by Gasteiger charge is 2.34. The fourth-order valence-corrected chi connectivity index (χ4v) is 5.93. The second-order valence-electron chi connectivity index (χ2n) is 9.95. The van der Waals surface area contributed by atoms with E-state index in [9.17, 15) is 22.4 Å². The monoisotopic (exact) mass is 620 g/mol. The predicted molar refractivity (Wildman–Crippen MR) is 153 cm³/mol. The van der Waals surface area contributed by atoms with E-state index in [1.165, 1.54) is 24.3 Å². The van der Waals surface area contributed by atoms with E-state index in [4.69, 9.17) is 21.1 Å². The molecule has 0 bridgehead atoms. The number of benzene rings is 3. The summed E-state index contributed by atoms with van der Waals surface area (Å²) in [6.07, 6.45) is 1.75. The third-order valence-corrected chi connectivity index (χ3v) is 8.60. The van der Waals surface area contributed by atoms with Gasteiger partial charge in [0.05, 0.1) is 13.2 Å². The number of halogens is 3. The van der Waals surface area contributed by atoms with Crippen molar-refractivity contribution in [1.29, 1.82) is 0 Å². The van der Waals surface area contributed by atoms with Crippen molar-refractivity contribution in [3.05, 3.63) is 94.5 Å². The molecular weight excluding hydrogens is 590 g/mol. The molecule has 2 unspecified atom stereocenters. The first-order chi connectivity index (χ1) is 20.1. The quantitative estimate of drug-likeness (QED) is 0.273. The Morgan fingerprint density at radius 3 is 2.45 bits per heavy atom. The smallest absolute Gasteiger partial charge is 0.409 e. The minimum absolute atomic E-state index is 0.0351. The molecule has 3 aromatic rings. The minimum atomic E-state index is -4.73. The topological polar surface area (TPSA) is 102 Å². The molecular formula is C30H31ClF2N2O6S. The van der Waals surface area contributed by atoms with Crippen molar-refractivity contribution >= 4 is 33.6 Å². The molecule has 4 rings (SSSR count). The second-order valence-corrected chi connectivity index (χ2v) is 12.0. The van der Waals surface area contributed by atoms with Gasteiger partial charge in [-0.15, -0.1) is 0 Å². The highest BCUT2D eigenvalue weighted by Crippen LogP contribution is 2.35. The molecule has 1 aliphatic rings. The van der Waals surface area contributed by atoms with Crippen LogP contribution in [0.4, 0.5) is 13.6 Å². The van der Waals surface area contributed by atoms with Gasteiger partial charge < -0.3 is 14.4 Å². The van der Waals surface area contributed by atoms with Crippen LogP contribution in [0, 0.1) is 17.6 Å². The number of nitrogens with zero attached hydrogens (tertiary/aromatic N) is 1. The molecule has 3 aromatic carbocycles. The average molecular weight is 621 g/mol. The number of amides is 2. The van der Waals surface area contributed by atoms with E-state index >= 15 is 4.39 Å². The van der Waals surface area contributed by atoms with E-state index in [1.807, 2.05) is 19.1 Å². The first-order valence-electron chi connectivity index (χ1n) is 13.5. The Morgan fingerprint density at radius 1 is 1.05 bits per heavy atom. The molecule has 0 radical (unpaired) electrons. The van der Waals surface area contributed by atoms with Gasteiger partial charge in [-0.1, -0.05) is 55.3 Å². The van der Waals surface area contributed by atoms with Crippen LogP contribution in [0.25, 0.3) is 0 Å². The Labute approximate surface area is 248 Å². The molecule has 0 aromatic heterocycles. The Bertz CT molecular complexity index is 1510. The van der Waals surface area contributed by atoms with Crippen LogP contribution in [0.5, 0.6) is 5.75 Å². The van der Waals surface area contributed by atoms with Gasteiger partial charge in [0.15, 0.2) is 11.6 Å². The number of likely N-dealkylation sites (tertiary alicyclic amines) is 1. The molecule has 1 heterocycles. The van der Waals surface area contributed by atoms with Crippen molar-refractivity contribution in [1.82, 2.24) is 9.62 Å². The van der Waals surface area contributed by atoms with Crippen LogP contribution in [-0.4, -0.2) is 51.6 Å². The van der Waals surface area contributed by atoms with Gasteiger partial charge in [0.2, 0.25) is 0 Å². The largest absolute Gasteiger partial charge is 0.490 e. The summed E-state index contributed by atoms with van der Waals surface area (Å²) in [5.74, 6) is -4.31. The molecule has 8 nitrogen and oxygen atoms in total. The number of piperidine rings is 1. The maximum atomic E-state index is 15.0. The molecule has 1 N–H and O–H groups in total. The molecule has 1 fully saturated rings. The van der Waals surface area contributed by atoms with Crippen LogP contribution in [0.3, 0.4) is 0 Å². The molecule has 12 heteroatoms. The lowest BCUT2D eigenvalue weighted by atomic mass is 9.81. The normalized spacial score (nSPS) is 17.0. The van der Waals surface area contributed by atoms with Gasteiger partial charge in [0.1, 0.15) is 10.7 Å². The van der Waals surface area contributed by atoms with Crippen LogP contribution in [0.15, 0.2) is 71.6 Å². The minimum Gasteiger partial charge on any atom is -0.490 e. The number of nitrogens with one attached hydrogen (secondary N) is 1. The summed E-state index contributed by atoms with van der Waals surface area (Å²) < 4.78 is 68.2.